The van der Waals surface area contributed by atoms with E-state index in [4.69, 9.17) is 11.6 Å². The topological polar surface area (TPSA) is 85.1 Å². The van der Waals surface area contributed by atoms with Gasteiger partial charge in [0.25, 0.3) is 11.6 Å². The zero-order valence-electron chi connectivity index (χ0n) is 12.6. The van der Waals surface area contributed by atoms with Gasteiger partial charge in [-0.05, 0) is 25.1 Å². The Balaban J connectivity index is 2.00. The first-order valence-electron chi connectivity index (χ1n) is 7.07. The van der Waals surface area contributed by atoms with E-state index in [0.717, 1.165) is 17.1 Å². The van der Waals surface area contributed by atoms with Crippen molar-refractivity contribution in [2.75, 3.05) is 5.32 Å². The molecule has 0 atom stereocenters. The number of pyridine rings is 1. The highest BCUT2D eigenvalue weighted by Crippen LogP contribution is 2.26. The molecule has 3 aromatic rings. The number of nitrogens with one attached hydrogen (secondary N) is 1. The van der Waals surface area contributed by atoms with E-state index < -0.39 is 10.8 Å². The molecular formula is C17H12ClN3O3. The smallest absolute Gasteiger partial charge is 0.270 e. The molecule has 1 aromatic heterocycles. The molecule has 0 saturated carbocycles. The number of halogens is 1. The molecule has 0 bridgehead atoms. The van der Waals surface area contributed by atoms with Crippen LogP contribution in [0.15, 0.2) is 48.5 Å². The molecule has 6 nitrogen and oxygen atoms in total. The van der Waals surface area contributed by atoms with Crippen LogP contribution >= 0.6 is 11.6 Å². The summed E-state index contributed by atoms with van der Waals surface area (Å²) < 4.78 is 0. The molecule has 24 heavy (non-hydrogen) atoms. The molecular weight excluding hydrogens is 330 g/mol. The van der Waals surface area contributed by atoms with E-state index in [0.29, 0.717) is 11.2 Å². The first kappa shape index (κ1) is 15.9. The SMILES string of the molecule is Cc1ccc2cccc(NC(=O)c3cc([N+](=O)[O-])ccc3Cl)c2n1. The second-order valence-electron chi connectivity index (χ2n) is 5.21. The molecule has 1 heterocycles. The number of nitro benzene ring substituents is 1. The Morgan fingerprint density at radius 2 is 2.00 bits per heavy atom. The van der Waals surface area contributed by atoms with E-state index >= 15 is 0 Å². The summed E-state index contributed by atoms with van der Waals surface area (Å²) in [4.78, 5) is 27.2. The van der Waals surface area contributed by atoms with Crippen LogP contribution in [-0.4, -0.2) is 15.8 Å². The van der Waals surface area contributed by atoms with Crippen LogP contribution in [0.25, 0.3) is 10.9 Å². The Labute approximate surface area is 142 Å². The lowest BCUT2D eigenvalue weighted by molar-refractivity contribution is -0.384. The summed E-state index contributed by atoms with van der Waals surface area (Å²) >= 11 is 6.01. The largest absolute Gasteiger partial charge is 0.320 e. The molecule has 0 saturated heterocycles. The van der Waals surface area contributed by atoms with E-state index in [2.05, 4.69) is 10.3 Å². The Hall–Kier alpha value is -2.99. The lowest BCUT2D eigenvalue weighted by atomic mass is 10.1. The minimum atomic E-state index is -0.573. The van der Waals surface area contributed by atoms with Crippen LogP contribution in [0.3, 0.4) is 0 Å². The molecule has 0 aliphatic carbocycles. The fourth-order valence-electron chi connectivity index (χ4n) is 2.34. The van der Waals surface area contributed by atoms with Crippen LogP contribution in [-0.2, 0) is 0 Å². The fraction of sp³-hybridized carbons (Fsp3) is 0.0588. The number of aromatic nitrogens is 1. The molecule has 0 radical (unpaired) electrons. The number of para-hydroxylation sites is 1. The highest BCUT2D eigenvalue weighted by atomic mass is 35.5. The van der Waals surface area contributed by atoms with Crippen molar-refractivity contribution >= 4 is 39.8 Å². The van der Waals surface area contributed by atoms with Gasteiger partial charge in [-0.2, -0.15) is 0 Å². The number of benzene rings is 2. The van der Waals surface area contributed by atoms with Gasteiger partial charge in [0.1, 0.15) is 0 Å². The number of hydrogen-bond donors (Lipinski definition) is 1. The second-order valence-corrected chi connectivity index (χ2v) is 5.61. The number of amides is 1. The number of carbonyl (C=O) groups is 1. The average molecular weight is 342 g/mol. The predicted octanol–water partition coefficient (Wildman–Crippen LogP) is 4.36. The monoisotopic (exact) mass is 341 g/mol. The summed E-state index contributed by atoms with van der Waals surface area (Å²) in [5, 5.41) is 14.6. The third-order valence-corrected chi connectivity index (χ3v) is 3.84. The number of non-ortho nitro benzene ring substituents is 1. The van der Waals surface area contributed by atoms with Crippen LogP contribution in [0.1, 0.15) is 16.1 Å². The number of hydrogen-bond acceptors (Lipinski definition) is 4. The van der Waals surface area contributed by atoms with Gasteiger partial charge in [0, 0.05) is 23.2 Å². The van der Waals surface area contributed by atoms with Crippen LogP contribution in [0.4, 0.5) is 11.4 Å². The standard InChI is InChI=1S/C17H12ClN3O3/c1-10-5-6-11-3-2-4-15(16(11)19-10)20-17(22)13-9-12(21(23)24)7-8-14(13)18/h2-9H,1H3,(H,20,22). The van der Waals surface area contributed by atoms with Gasteiger partial charge in [0.15, 0.2) is 0 Å². The van der Waals surface area contributed by atoms with Crippen LogP contribution < -0.4 is 5.32 Å². The quantitative estimate of drug-likeness (QED) is 0.566. The molecule has 0 spiro atoms. The normalized spacial score (nSPS) is 10.6. The van der Waals surface area contributed by atoms with Gasteiger partial charge in [-0.1, -0.05) is 29.8 Å². The number of aryl methyl sites for hydroxylation is 1. The molecule has 7 heteroatoms. The summed E-state index contributed by atoms with van der Waals surface area (Å²) in [7, 11) is 0. The number of fused-ring (bicyclic) bond motifs is 1. The van der Waals surface area contributed by atoms with Crippen molar-refractivity contribution < 1.29 is 9.72 Å². The number of nitro groups is 1. The van der Waals surface area contributed by atoms with Gasteiger partial charge in [-0.25, -0.2) is 0 Å². The summed E-state index contributed by atoms with van der Waals surface area (Å²) in [5.74, 6) is -0.528. The van der Waals surface area contributed by atoms with Crippen molar-refractivity contribution in [3.8, 4) is 0 Å². The Morgan fingerprint density at radius 3 is 2.75 bits per heavy atom. The zero-order chi connectivity index (χ0) is 17.3. The van der Waals surface area contributed by atoms with Crippen molar-refractivity contribution in [2.45, 2.75) is 6.92 Å². The van der Waals surface area contributed by atoms with Crippen molar-refractivity contribution in [3.05, 3.63) is 74.9 Å². The van der Waals surface area contributed by atoms with Crippen LogP contribution in [0.2, 0.25) is 5.02 Å². The fourth-order valence-corrected chi connectivity index (χ4v) is 2.54. The van der Waals surface area contributed by atoms with E-state index in [9.17, 15) is 14.9 Å². The molecule has 1 N–H and O–H groups in total. The zero-order valence-corrected chi connectivity index (χ0v) is 13.4. The Bertz CT molecular complexity index is 972. The third kappa shape index (κ3) is 3.04. The van der Waals surface area contributed by atoms with Crippen molar-refractivity contribution in [1.82, 2.24) is 4.98 Å². The lowest BCUT2D eigenvalue weighted by Gasteiger charge is -2.09. The third-order valence-electron chi connectivity index (χ3n) is 3.51. The summed E-state index contributed by atoms with van der Waals surface area (Å²) in [6.07, 6.45) is 0. The Kier molecular flexibility index (Phi) is 4.14. The average Bonchev–Trinajstić information content (AvgIpc) is 2.55. The molecule has 1 amide bonds. The summed E-state index contributed by atoms with van der Waals surface area (Å²) in [6.45, 7) is 1.86. The van der Waals surface area contributed by atoms with E-state index in [-0.39, 0.29) is 16.3 Å². The molecule has 0 unspecified atom stereocenters. The molecule has 0 fully saturated rings. The van der Waals surface area contributed by atoms with Crippen LogP contribution in [0, 0.1) is 17.0 Å². The van der Waals surface area contributed by atoms with E-state index in [1.165, 1.54) is 12.1 Å². The van der Waals surface area contributed by atoms with E-state index in [1.807, 2.05) is 25.1 Å². The van der Waals surface area contributed by atoms with Gasteiger partial charge >= 0.3 is 0 Å². The number of nitrogens with zero attached hydrogens (tertiary/aromatic N) is 2. The first-order chi connectivity index (χ1) is 11.5. The minimum Gasteiger partial charge on any atom is -0.320 e. The molecule has 0 aliphatic rings. The Morgan fingerprint density at radius 1 is 1.21 bits per heavy atom. The maximum Gasteiger partial charge on any atom is 0.270 e. The number of rotatable bonds is 3. The molecule has 2 aromatic carbocycles. The molecule has 0 aliphatic heterocycles. The minimum absolute atomic E-state index is 0.0375. The predicted molar refractivity (Wildman–Crippen MR) is 92.5 cm³/mol. The maximum absolute atomic E-state index is 12.5. The first-order valence-corrected chi connectivity index (χ1v) is 7.45. The summed E-state index contributed by atoms with van der Waals surface area (Å²) in [5.41, 5.74) is 1.82. The second kappa shape index (κ2) is 6.25. The van der Waals surface area contributed by atoms with Gasteiger partial charge in [0.05, 0.1) is 26.7 Å². The highest BCUT2D eigenvalue weighted by molar-refractivity contribution is 6.34. The van der Waals surface area contributed by atoms with Crippen molar-refractivity contribution in [3.63, 3.8) is 0 Å². The lowest BCUT2D eigenvalue weighted by Crippen LogP contribution is -2.13. The van der Waals surface area contributed by atoms with E-state index in [1.54, 1.807) is 12.1 Å². The molecule has 120 valence electrons. The molecule has 3 rings (SSSR count). The van der Waals surface area contributed by atoms with Gasteiger partial charge in [0.2, 0.25) is 0 Å². The van der Waals surface area contributed by atoms with Crippen molar-refractivity contribution in [2.24, 2.45) is 0 Å². The number of carbonyl (C=O) groups excluding carboxylic acids is 1. The van der Waals surface area contributed by atoms with Gasteiger partial charge in [-0.15, -0.1) is 0 Å². The number of anilines is 1. The van der Waals surface area contributed by atoms with Gasteiger partial charge < -0.3 is 5.32 Å². The summed E-state index contributed by atoms with van der Waals surface area (Å²) in [6, 6.07) is 12.9. The highest BCUT2D eigenvalue weighted by Gasteiger charge is 2.17. The maximum atomic E-state index is 12.5. The van der Waals surface area contributed by atoms with Crippen LogP contribution in [0.5, 0.6) is 0 Å². The van der Waals surface area contributed by atoms with Gasteiger partial charge in [-0.3, -0.25) is 19.9 Å². The van der Waals surface area contributed by atoms with Crippen molar-refractivity contribution in [1.29, 1.82) is 0 Å².